The number of nitrogens with one attached hydrogen (secondary N) is 2. The van der Waals surface area contributed by atoms with Crippen LogP contribution in [0.15, 0.2) is 28.9 Å². The third kappa shape index (κ3) is 3.47. The Hall–Kier alpha value is -2.57. The van der Waals surface area contributed by atoms with E-state index in [2.05, 4.69) is 15.7 Å². The topological polar surface area (TPSA) is 89.2 Å². The summed E-state index contributed by atoms with van der Waals surface area (Å²) < 4.78 is 6.68. The summed E-state index contributed by atoms with van der Waals surface area (Å²) in [6.45, 7) is 2.04. The summed E-state index contributed by atoms with van der Waals surface area (Å²) in [5.41, 5.74) is 1.17. The van der Waals surface area contributed by atoms with Crippen LogP contribution in [0.1, 0.15) is 21.9 Å². The summed E-state index contributed by atoms with van der Waals surface area (Å²) in [6.07, 6.45) is 1.53. The third-order valence-electron chi connectivity index (χ3n) is 2.80. The zero-order valence-electron chi connectivity index (χ0n) is 11.3. The van der Waals surface area contributed by atoms with E-state index in [9.17, 15) is 9.59 Å². The summed E-state index contributed by atoms with van der Waals surface area (Å²) >= 11 is 0. The molecule has 0 aliphatic rings. The van der Waals surface area contributed by atoms with Crippen molar-refractivity contribution in [3.05, 3.63) is 41.6 Å². The number of carbonyl (C=O) groups is 2. The molecule has 2 aromatic rings. The van der Waals surface area contributed by atoms with Gasteiger partial charge in [-0.25, -0.2) is 0 Å². The van der Waals surface area contributed by atoms with Crippen LogP contribution < -0.4 is 10.6 Å². The summed E-state index contributed by atoms with van der Waals surface area (Å²) in [4.78, 5) is 23.3. The van der Waals surface area contributed by atoms with Gasteiger partial charge in [0.2, 0.25) is 5.91 Å². The third-order valence-corrected chi connectivity index (χ3v) is 2.80. The normalized spacial score (nSPS) is 10.3. The lowest BCUT2D eigenvalue weighted by atomic mass is 10.3. The van der Waals surface area contributed by atoms with Crippen molar-refractivity contribution in [1.29, 1.82) is 0 Å². The number of aromatic nitrogens is 2. The molecule has 0 radical (unpaired) electrons. The van der Waals surface area contributed by atoms with Crippen LogP contribution in [-0.2, 0) is 18.4 Å². The molecule has 0 fully saturated rings. The van der Waals surface area contributed by atoms with Gasteiger partial charge in [0, 0.05) is 12.7 Å². The molecule has 0 aromatic carbocycles. The molecule has 0 aliphatic heterocycles. The van der Waals surface area contributed by atoms with E-state index in [1.807, 2.05) is 6.92 Å². The number of aryl methyl sites for hydroxylation is 2. The molecule has 0 atom stereocenters. The predicted molar refractivity (Wildman–Crippen MR) is 70.8 cm³/mol. The van der Waals surface area contributed by atoms with Crippen LogP contribution in [0.5, 0.6) is 0 Å². The minimum atomic E-state index is -0.373. The van der Waals surface area contributed by atoms with Crippen molar-refractivity contribution in [2.24, 2.45) is 7.05 Å². The predicted octanol–water partition coefficient (Wildman–Crippen LogP) is 0.368. The zero-order valence-corrected chi connectivity index (χ0v) is 11.3. The number of amides is 2. The number of furan rings is 1. The molecular formula is C13H16N4O3. The Kier molecular flexibility index (Phi) is 4.19. The first-order valence-corrected chi connectivity index (χ1v) is 6.14. The molecule has 0 aliphatic carbocycles. The number of nitrogens with zero attached hydrogens (tertiary/aromatic N) is 2. The summed E-state index contributed by atoms with van der Waals surface area (Å²) in [5.74, 6) is -0.00530. The minimum Gasteiger partial charge on any atom is -0.467 e. The van der Waals surface area contributed by atoms with Gasteiger partial charge >= 0.3 is 0 Å². The maximum Gasteiger partial charge on any atom is 0.272 e. The fraction of sp³-hybridized carbons (Fsp3) is 0.308. The van der Waals surface area contributed by atoms with Crippen LogP contribution >= 0.6 is 0 Å². The van der Waals surface area contributed by atoms with Gasteiger partial charge in [0.25, 0.3) is 5.91 Å². The SMILES string of the molecule is Cc1cc(C(=O)NCC(=O)NCc2ccco2)nn1C. The van der Waals surface area contributed by atoms with E-state index >= 15 is 0 Å². The highest BCUT2D eigenvalue weighted by Gasteiger charge is 2.12. The van der Waals surface area contributed by atoms with E-state index < -0.39 is 0 Å². The van der Waals surface area contributed by atoms with Gasteiger partial charge in [-0.3, -0.25) is 14.3 Å². The summed E-state index contributed by atoms with van der Waals surface area (Å²) in [5, 5.41) is 9.18. The van der Waals surface area contributed by atoms with Gasteiger partial charge in [-0.2, -0.15) is 5.10 Å². The molecule has 106 valence electrons. The maximum absolute atomic E-state index is 11.8. The van der Waals surface area contributed by atoms with Crippen molar-refractivity contribution in [3.8, 4) is 0 Å². The Labute approximate surface area is 116 Å². The van der Waals surface area contributed by atoms with E-state index in [0.717, 1.165) is 5.69 Å². The van der Waals surface area contributed by atoms with Crippen molar-refractivity contribution in [2.75, 3.05) is 6.54 Å². The zero-order chi connectivity index (χ0) is 14.5. The standard InChI is InChI=1S/C13H16N4O3/c1-9-6-11(16-17(9)2)13(19)15-8-12(18)14-7-10-4-3-5-20-10/h3-6H,7-8H2,1-2H3,(H,14,18)(H,15,19). The van der Waals surface area contributed by atoms with E-state index in [4.69, 9.17) is 4.42 Å². The highest BCUT2D eigenvalue weighted by Crippen LogP contribution is 2.00. The highest BCUT2D eigenvalue weighted by molar-refractivity contribution is 5.94. The smallest absolute Gasteiger partial charge is 0.272 e. The Bertz CT molecular complexity index is 582. The van der Waals surface area contributed by atoms with Crippen molar-refractivity contribution >= 4 is 11.8 Å². The molecule has 0 spiro atoms. The molecular weight excluding hydrogens is 260 g/mol. The Balaban J connectivity index is 1.76. The molecule has 0 bridgehead atoms. The molecule has 0 unspecified atom stereocenters. The molecule has 7 heteroatoms. The van der Waals surface area contributed by atoms with Crippen LogP contribution in [0.4, 0.5) is 0 Å². The second kappa shape index (κ2) is 6.05. The molecule has 2 amide bonds. The fourth-order valence-electron chi connectivity index (χ4n) is 1.58. The lowest BCUT2D eigenvalue weighted by molar-refractivity contribution is -0.120. The van der Waals surface area contributed by atoms with Crippen molar-refractivity contribution < 1.29 is 14.0 Å². The lowest BCUT2D eigenvalue weighted by Crippen LogP contribution is -2.36. The first kappa shape index (κ1) is 13.9. The van der Waals surface area contributed by atoms with Gasteiger partial charge in [-0.15, -0.1) is 0 Å². The fourth-order valence-corrected chi connectivity index (χ4v) is 1.58. The number of hydrogen-bond donors (Lipinski definition) is 2. The largest absolute Gasteiger partial charge is 0.467 e. The van der Waals surface area contributed by atoms with Gasteiger partial charge in [0.1, 0.15) is 11.5 Å². The van der Waals surface area contributed by atoms with Gasteiger partial charge in [0.05, 0.1) is 19.4 Å². The van der Waals surface area contributed by atoms with E-state index in [-0.39, 0.29) is 18.4 Å². The second-order valence-electron chi connectivity index (χ2n) is 4.33. The highest BCUT2D eigenvalue weighted by atomic mass is 16.3. The monoisotopic (exact) mass is 276 g/mol. The second-order valence-corrected chi connectivity index (χ2v) is 4.33. The van der Waals surface area contributed by atoms with Gasteiger partial charge in [0.15, 0.2) is 0 Å². The molecule has 2 N–H and O–H groups in total. The molecule has 0 saturated heterocycles. The van der Waals surface area contributed by atoms with Crippen LogP contribution in [0.25, 0.3) is 0 Å². The van der Waals surface area contributed by atoms with Crippen LogP contribution in [0, 0.1) is 6.92 Å². The number of rotatable bonds is 5. The average molecular weight is 276 g/mol. The average Bonchev–Trinajstić information content (AvgIpc) is 3.04. The first-order valence-electron chi connectivity index (χ1n) is 6.14. The Morgan fingerprint density at radius 3 is 2.80 bits per heavy atom. The van der Waals surface area contributed by atoms with Crippen molar-refractivity contribution in [1.82, 2.24) is 20.4 Å². The summed E-state index contributed by atoms with van der Waals surface area (Å²) in [6, 6.07) is 5.16. The Morgan fingerprint density at radius 2 is 2.20 bits per heavy atom. The van der Waals surface area contributed by atoms with E-state index in [1.165, 1.54) is 6.26 Å². The molecule has 20 heavy (non-hydrogen) atoms. The van der Waals surface area contributed by atoms with Gasteiger partial charge < -0.3 is 15.1 Å². The van der Waals surface area contributed by atoms with Crippen molar-refractivity contribution in [2.45, 2.75) is 13.5 Å². The number of hydrogen-bond acceptors (Lipinski definition) is 4. The minimum absolute atomic E-state index is 0.102. The molecule has 7 nitrogen and oxygen atoms in total. The lowest BCUT2D eigenvalue weighted by Gasteiger charge is -2.04. The van der Waals surface area contributed by atoms with Gasteiger partial charge in [-0.1, -0.05) is 0 Å². The quantitative estimate of drug-likeness (QED) is 0.825. The van der Waals surface area contributed by atoms with Crippen molar-refractivity contribution in [3.63, 3.8) is 0 Å². The maximum atomic E-state index is 11.8. The van der Waals surface area contributed by atoms with E-state index in [0.29, 0.717) is 18.0 Å². The first-order chi connectivity index (χ1) is 9.56. The van der Waals surface area contributed by atoms with Crippen LogP contribution in [0.2, 0.25) is 0 Å². The van der Waals surface area contributed by atoms with Gasteiger partial charge in [-0.05, 0) is 25.1 Å². The Morgan fingerprint density at radius 1 is 1.40 bits per heavy atom. The van der Waals surface area contributed by atoms with Crippen LogP contribution in [-0.4, -0.2) is 28.1 Å². The molecule has 2 heterocycles. The molecule has 2 rings (SSSR count). The number of carbonyl (C=O) groups excluding carboxylic acids is 2. The molecule has 2 aromatic heterocycles. The summed E-state index contributed by atoms with van der Waals surface area (Å²) in [7, 11) is 1.75. The van der Waals surface area contributed by atoms with Crippen LogP contribution in [0.3, 0.4) is 0 Å². The molecule has 0 saturated carbocycles. The van der Waals surface area contributed by atoms with E-state index in [1.54, 1.807) is 29.9 Å².